The van der Waals surface area contributed by atoms with E-state index in [0.717, 1.165) is 18.3 Å². The van der Waals surface area contributed by atoms with Gasteiger partial charge < -0.3 is 5.11 Å². The first-order chi connectivity index (χ1) is 8.17. The van der Waals surface area contributed by atoms with Crippen molar-refractivity contribution in [2.75, 3.05) is 0 Å². The number of hydrogen-bond acceptors (Lipinski definition) is 1. The van der Waals surface area contributed by atoms with Gasteiger partial charge in [-0.15, -0.1) is 0 Å². The Morgan fingerprint density at radius 3 is 2.29 bits per heavy atom. The van der Waals surface area contributed by atoms with E-state index in [9.17, 15) is 5.11 Å². The second-order valence-corrected chi connectivity index (χ2v) is 5.16. The standard InChI is InChI=1S/C16H26O/c1-4-6-7-15(13(3)5-2)12-14-8-10-16(17)11-9-14/h8-11,13,15,17H,4-7,12H2,1-3H3. The van der Waals surface area contributed by atoms with Crippen LogP contribution in [0.4, 0.5) is 0 Å². The van der Waals surface area contributed by atoms with Gasteiger partial charge in [0, 0.05) is 0 Å². The zero-order valence-electron chi connectivity index (χ0n) is 11.4. The minimum absolute atomic E-state index is 0.363. The molecule has 0 saturated heterocycles. The maximum absolute atomic E-state index is 9.29. The summed E-state index contributed by atoms with van der Waals surface area (Å²) in [5.41, 5.74) is 1.35. The van der Waals surface area contributed by atoms with Crippen LogP contribution in [0, 0.1) is 11.8 Å². The third-order valence-electron chi connectivity index (χ3n) is 3.81. The lowest BCUT2D eigenvalue weighted by molar-refractivity contribution is 0.317. The van der Waals surface area contributed by atoms with Crippen molar-refractivity contribution >= 4 is 0 Å². The maximum Gasteiger partial charge on any atom is 0.115 e. The summed E-state index contributed by atoms with van der Waals surface area (Å²) >= 11 is 0. The predicted molar refractivity (Wildman–Crippen MR) is 74.3 cm³/mol. The van der Waals surface area contributed by atoms with E-state index in [1.165, 1.54) is 31.2 Å². The van der Waals surface area contributed by atoms with Crippen molar-refractivity contribution < 1.29 is 5.11 Å². The van der Waals surface area contributed by atoms with E-state index in [1.807, 2.05) is 0 Å². The topological polar surface area (TPSA) is 20.2 Å². The Morgan fingerprint density at radius 2 is 1.76 bits per heavy atom. The summed E-state index contributed by atoms with van der Waals surface area (Å²) in [6.07, 6.45) is 6.34. The minimum atomic E-state index is 0.363. The van der Waals surface area contributed by atoms with Crippen molar-refractivity contribution in [3.05, 3.63) is 29.8 Å². The van der Waals surface area contributed by atoms with Crippen LogP contribution in [-0.2, 0) is 6.42 Å². The highest BCUT2D eigenvalue weighted by Crippen LogP contribution is 2.26. The summed E-state index contributed by atoms with van der Waals surface area (Å²) in [5.74, 6) is 1.93. The molecule has 0 radical (unpaired) electrons. The molecule has 1 N–H and O–H groups in total. The van der Waals surface area contributed by atoms with Gasteiger partial charge in [-0.3, -0.25) is 0 Å². The fourth-order valence-corrected chi connectivity index (χ4v) is 2.32. The van der Waals surface area contributed by atoms with Gasteiger partial charge in [-0.25, -0.2) is 0 Å². The number of benzene rings is 1. The summed E-state index contributed by atoms with van der Waals surface area (Å²) in [6, 6.07) is 7.69. The van der Waals surface area contributed by atoms with Crippen molar-refractivity contribution in [1.82, 2.24) is 0 Å². The average Bonchev–Trinajstić information content (AvgIpc) is 2.36. The molecule has 0 fully saturated rings. The molecule has 2 atom stereocenters. The van der Waals surface area contributed by atoms with Crippen LogP contribution >= 0.6 is 0 Å². The van der Waals surface area contributed by atoms with Gasteiger partial charge in [0.1, 0.15) is 5.75 Å². The van der Waals surface area contributed by atoms with Gasteiger partial charge in [-0.05, 0) is 42.4 Å². The zero-order chi connectivity index (χ0) is 12.7. The monoisotopic (exact) mass is 234 g/mol. The van der Waals surface area contributed by atoms with E-state index in [2.05, 4.69) is 32.9 Å². The smallest absolute Gasteiger partial charge is 0.115 e. The molecule has 2 unspecified atom stereocenters. The number of aromatic hydroxyl groups is 1. The molecule has 0 aromatic heterocycles. The third kappa shape index (κ3) is 4.80. The van der Waals surface area contributed by atoms with Crippen molar-refractivity contribution in [3.8, 4) is 5.75 Å². The van der Waals surface area contributed by atoms with E-state index in [1.54, 1.807) is 12.1 Å². The molecule has 0 amide bonds. The normalized spacial score (nSPS) is 14.5. The molecular weight excluding hydrogens is 208 g/mol. The molecule has 0 saturated carbocycles. The number of hydrogen-bond donors (Lipinski definition) is 1. The quantitative estimate of drug-likeness (QED) is 0.719. The molecule has 0 aliphatic rings. The Labute approximate surface area is 106 Å². The molecule has 0 aliphatic heterocycles. The first-order valence-corrected chi connectivity index (χ1v) is 6.95. The molecule has 1 aromatic carbocycles. The van der Waals surface area contributed by atoms with Crippen molar-refractivity contribution in [2.24, 2.45) is 11.8 Å². The van der Waals surface area contributed by atoms with Crippen LogP contribution in [0.3, 0.4) is 0 Å². The number of phenols is 1. The minimum Gasteiger partial charge on any atom is -0.508 e. The van der Waals surface area contributed by atoms with Crippen LogP contribution in [-0.4, -0.2) is 5.11 Å². The van der Waals surface area contributed by atoms with E-state index in [-0.39, 0.29) is 0 Å². The van der Waals surface area contributed by atoms with E-state index in [4.69, 9.17) is 0 Å². The molecular formula is C16H26O. The molecule has 0 heterocycles. The van der Waals surface area contributed by atoms with Crippen molar-refractivity contribution in [1.29, 1.82) is 0 Å². The van der Waals surface area contributed by atoms with Crippen LogP contribution in [0.25, 0.3) is 0 Å². The highest BCUT2D eigenvalue weighted by Gasteiger charge is 2.15. The van der Waals surface area contributed by atoms with Crippen LogP contribution in [0.1, 0.15) is 52.0 Å². The second kappa shape index (κ2) is 7.37. The summed E-state index contributed by atoms with van der Waals surface area (Å²) in [4.78, 5) is 0. The Kier molecular flexibility index (Phi) is 6.10. The molecule has 0 bridgehead atoms. The van der Waals surface area contributed by atoms with Gasteiger partial charge >= 0.3 is 0 Å². The first-order valence-electron chi connectivity index (χ1n) is 6.95. The van der Waals surface area contributed by atoms with Gasteiger partial charge in [0.05, 0.1) is 0 Å². The van der Waals surface area contributed by atoms with Gasteiger partial charge in [-0.1, -0.05) is 52.2 Å². The summed E-state index contributed by atoms with van der Waals surface area (Å²) in [6.45, 7) is 6.90. The third-order valence-corrected chi connectivity index (χ3v) is 3.81. The molecule has 0 spiro atoms. The van der Waals surface area contributed by atoms with Crippen molar-refractivity contribution in [2.45, 2.75) is 52.9 Å². The second-order valence-electron chi connectivity index (χ2n) is 5.16. The highest BCUT2D eigenvalue weighted by molar-refractivity contribution is 5.26. The van der Waals surface area contributed by atoms with Gasteiger partial charge in [0.2, 0.25) is 0 Å². The lowest BCUT2D eigenvalue weighted by Gasteiger charge is -2.23. The van der Waals surface area contributed by atoms with Crippen LogP contribution in [0.5, 0.6) is 5.75 Å². The molecule has 1 rings (SSSR count). The molecule has 1 aromatic rings. The summed E-state index contributed by atoms with van der Waals surface area (Å²) in [7, 11) is 0. The van der Waals surface area contributed by atoms with E-state index >= 15 is 0 Å². The number of phenolic OH excluding ortho intramolecular Hbond substituents is 1. The maximum atomic E-state index is 9.29. The number of rotatable bonds is 7. The predicted octanol–water partition coefficient (Wildman–Crippen LogP) is 4.79. The molecule has 1 heteroatoms. The molecule has 0 aliphatic carbocycles. The fraction of sp³-hybridized carbons (Fsp3) is 0.625. The summed E-state index contributed by atoms with van der Waals surface area (Å²) < 4.78 is 0. The largest absolute Gasteiger partial charge is 0.508 e. The lowest BCUT2D eigenvalue weighted by atomic mass is 9.83. The first kappa shape index (κ1) is 14.1. The number of unbranched alkanes of at least 4 members (excludes halogenated alkanes) is 1. The van der Waals surface area contributed by atoms with Crippen LogP contribution in [0.2, 0.25) is 0 Å². The van der Waals surface area contributed by atoms with Gasteiger partial charge in [0.15, 0.2) is 0 Å². The fourth-order valence-electron chi connectivity index (χ4n) is 2.32. The Hall–Kier alpha value is -0.980. The van der Waals surface area contributed by atoms with E-state index in [0.29, 0.717) is 5.75 Å². The molecule has 1 nitrogen and oxygen atoms in total. The average molecular weight is 234 g/mol. The highest BCUT2D eigenvalue weighted by atomic mass is 16.3. The van der Waals surface area contributed by atoms with Crippen LogP contribution < -0.4 is 0 Å². The lowest BCUT2D eigenvalue weighted by Crippen LogP contribution is -2.14. The van der Waals surface area contributed by atoms with Crippen molar-refractivity contribution in [3.63, 3.8) is 0 Å². The van der Waals surface area contributed by atoms with E-state index < -0.39 is 0 Å². The Morgan fingerprint density at radius 1 is 1.12 bits per heavy atom. The molecule has 96 valence electrons. The van der Waals surface area contributed by atoms with Crippen LogP contribution in [0.15, 0.2) is 24.3 Å². The Balaban J connectivity index is 2.61. The van der Waals surface area contributed by atoms with Gasteiger partial charge in [-0.2, -0.15) is 0 Å². The zero-order valence-corrected chi connectivity index (χ0v) is 11.4. The SMILES string of the molecule is CCCCC(Cc1ccc(O)cc1)C(C)CC. The summed E-state index contributed by atoms with van der Waals surface area (Å²) in [5, 5.41) is 9.29. The molecule has 17 heavy (non-hydrogen) atoms. The van der Waals surface area contributed by atoms with Gasteiger partial charge in [0.25, 0.3) is 0 Å². The Bertz CT molecular complexity index is 302.